The van der Waals surface area contributed by atoms with E-state index in [2.05, 4.69) is 19.2 Å². The third-order valence-electron chi connectivity index (χ3n) is 3.05. The summed E-state index contributed by atoms with van der Waals surface area (Å²) < 4.78 is 26.5. The van der Waals surface area contributed by atoms with E-state index in [1.807, 2.05) is 19.2 Å². The summed E-state index contributed by atoms with van der Waals surface area (Å²) in [6, 6.07) is 7.15. The highest BCUT2D eigenvalue weighted by molar-refractivity contribution is 7.89. The highest BCUT2D eigenvalue weighted by Gasteiger charge is 2.23. The average molecular weight is 284 g/mol. The monoisotopic (exact) mass is 284 g/mol. The van der Waals surface area contributed by atoms with Gasteiger partial charge in [-0.1, -0.05) is 32.0 Å². The largest absolute Gasteiger partial charge is 0.316 e. The molecule has 108 valence electrons. The fraction of sp³-hybridized carbons (Fsp3) is 0.571. The zero-order valence-electron chi connectivity index (χ0n) is 12.2. The second kappa shape index (κ2) is 7.03. The number of nitrogens with one attached hydrogen (secondary N) is 1. The minimum Gasteiger partial charge on any atom is -0.316 e. The molecule has 0 aromatic heterocycles. The normalized spacial score (nSPS) is 12.3. The zero-order chi connectivity index (χ0) is 14.5. The van der Waals surface area contributed by atoms with Gasteiger partial charge in [-0.3, -0.25) is 0 Å². The van der Waals surface area contributed by atoms with Gasteiger partial charge in [-0.25, -0.2) is 12.7 Å². The quantitative estimate of drug-likeness (QED) is 0.834. The molecule has 0 heterocycles. The van der Waals surface area contributed by atoms with Crippen LogP contribution in [0.1, 0.15) is 25.8 Å². The fourth-order valence-electron chi connectivity index (χ4n) is 1.82. The van der Waals surface area contributed by atoms with Crippen LogP contribution in [0.4, 0.5) is 0 Å². The smallest absolute Gasteiger partial charge is 0.243 e. The van der Waals surface area contributed by atoms with Crippen LogP contribution < -0.4 is 5.32 Å². The Hall–Kier alpha value is -0.910. The van der Waals surface area contributed by atoms with Crippen molar-refractivity contribution in [1.29, 1.82) is 0 Å². The molecule has 0 radical (unpaired) electrons. The molecule has 1 rings (SSSR count). The SMILES string of the molecule is CNCc1ccccc1S(=O)(=O)N(C)CCC(C)C. The van der Waals surface area contributed by atoms with E-state index in [4.69, 9.17) is 0 Å². The third kappa shape index (κ3) is 4.30. The van der Waals surface area contributed by atoms with Crippen LogP contribution in [0, 0.1) is 5.92 Å². The van der Waals surface area contributed by atoms with E-state index in [1.54, 1.807) is 19.2 Å². The second-order valence-electron chi connectivity index (χ2n) is 5.15. The first-order valence-corrected chi connectivity index (χ1v) is 8.02. The van der Waals surface area contributed by atoms with Gasteiger partial charge < -0.3 is 5.32 Å². The molecule has 0 saturated carbocycles. The van der Waals surface area contributed by atoms with E-state index < -0.39 is 10.0 Å². The Morgan fingerprint density at radius 1 is 1.26 bits per heavy atom. The first kappa shape index (κ1) is 16.1. The van der Waals surface area contributed by atoms with E-state index in [9.17, 15) is 8.42 Å². The molecule has 0 unspecified atom stereocenters. The minimum atomic E-state index is -3.39. The van der Waals surface area contributed by atoms with Gasteiger partial charge in [0.15, 0.2) is 0 Å². The summed E-state index contributed by atoms with van der Waals surface area (Å²) in [5.41, 5.74) is 0.807. The summed E-state index contributed by atoms with van der Waals surface area (Å²) in [6.45, 7) is 5.28. The highest BCUT2D eigenvalue weighted by atomic mass is 32.2. The second-order valence-corrected chi connectivity index (χ2v) is 7.16. The van der Waals surface area contributed by atoms with Crippen LogP contribution in [0.25, 0.3) is 0 Å². The van der Waals surface area contributed by atoms with Gasteiger partial charge >= 0.3 is 0 Å². The van der Waals surface area contributed by atoms with E-state index >= 15 is 0 Å². The molecule has 5 heteroatoms. The van der Waals surface area contributed by atoms with E-state index in [0.717, 1.165) is 12.0 Å². The third-order valence-corrected chi connectivity index (χ3v) is 5.01. The molecule has 1 aromatic rings. The van der Waals surface area contributed by atoms with Gasteiger partial charge in [0.2, 0.25) is 10.0 Å². The molecule has 1 N–H and O–H groups in total. The Morgan fingerprint density at radius 2 is 1.89 bits per heavy atom. The summed E-state index contributed by atoms with van der Waals surface area (Å²) in [4.78, 5) is 0.399. The molecule has 1 aromatic carbocycles. The maximum atomic E-state index is 12.5. The molecule has 0 aliphatic rings. The van der Waals surface area contributed by atoms with Crippen LogP contribution in [0.15, 0.2) is 29.2 Å². The van der Waals surface area contributed by atoms with Gasteiger partial charge in [0.25, 0.3) is 0 Å². The van der Waals surface area contributed by atoms with E-state index in [0.29, 0.717) is 23.9 Å². The number of nitrogens with zero attached hydrogens (tertiary/aromatic N) is 1. The summed E-state index contributed by atoms with van der Waals surface area (Å²) in [5, 5.41) is 3.00. The number of rotatable bonds is 7. The summed E-state index contributed by atoms with van der Waals surface area (Å²) >= 11 is 0. The van der Waals surface area contributed by atoms with Gasteiger partial charge in [0.1, 0.15) is 0 Å². The maximum absolute atomic E-state index is 12.5. The predicted molar refractivity (Wildman–Crippen MR) is 78.5 cm³/mol. The van der Waals surface area contributed by atoms with Gasteiger partial charge in [-0.2, -0.15) is 0 Å². The van der Waals surface area contributed by atoms with Crippen molar-refractivity contribution >= 4 is 10.0 Å². The van der Waals surface area contributed by atoms with Crippen LogP contribution in [-0.2, 0) is 16.6 Å². The van der Waals surface area contributed by atoms with Crippen molar-refractivity contribution in [3.05, 3.63) is 29.8 Å². The van der Waals surface area contributed by atoms with Crippen molar-refractivity contribution in [1.82, 2.24) is 9.62 Å². The van der Waals surface area contributed by atoms with E-state index in [-0.39, 0.29) is 0 Å². The lowest BCUT2D eigenvalue weighted by Gasteiger charge is -2.20. The van der Waals surface area contributed by atoms with Crippen molar-refractivity contribution in [3.63, 3.8) is 0 Å². The Bertz CT molecular complexity index is 498. The van der Waals surface area contributed by atoms with Gasteiger partial charge in [-0.05, 0) is 31.0 Å². The Balaban J connectivity index is 2.99. The summed E-state index contributed by atoms with van der Waals surface area (Å²) in [5.74, 6) is 0.491. The summed E-state index contributed by atoms with van der Waals surface area (Å²) in [6.07, 6.45) is 0.865. The summed E-state index contributed by atoms with van der Waals surface area (Å²) in [7, 11) is 0.0639. The van der Waals surface area contributed by atoms with Crippen LogP contribution in [0.5, 0.6) is 0 Å². The lowest BCUT2D eigenvalue weighted by atomic mass is 10.1. The standard InChI is InChI=1S/C14H24N2O2S/c1-12(2)9-10-16(4)19(17,18)14-8-6-5-7-13(14)11-15-3/h5-8,12,15H,9-11H2,1-4H3. The van der Waals surface area contributed by atoms with E-state index in [1.165, 1.54) is 4.31 Å². The highest BCUT2D eigenvalue weighted by Crippen LogP contribution is 2.19. The van der Waals surface area contributed by atoms with Gasteiger partial charge in [0, 0.05) is 20.1 Å². The number of sulfonamides is 1. The maximum Gasteiger partial charge on any atom is 0.243 e. The van der Waals surface area contributed by atoms with Gasteiger partial charge in [0.05, 0.1) is 4.90 Å². The molecular formula is C14H24N2O2S. The Kier molecular flexibility index (Phi) is 5.97. The zero-order valence-corrected chi connectivity index (χ0v) is 13.0. The van der Waals surface area contributed by atoms with Crippen molar-refractivity contribution < 1.29 is 8.42 Å². The lowest BCUT2D eigenvalue weighted by molar-refractivity contribution is 0.427. The molecule has 4 nitrogen and oxygen atoms in total. The molecule has 0 fully saturated rings. The Labute approximate surface area is 116 Å². The minimum absolute atomic E-state index is 0.399. The van der Waals surface area contributed by atoms with Crippen LogP contribution in [-0.4, -0.2) is 33.4 Å². The fourth-order valence-corrected chi connectivity index (χ4v) is 3.22. The molecule has 0 spiro atoms. The molecule has 19 heavy (non-hydrogen) atoms. The van der Waals surface area contributed by atoms with Crippen LogP contribution >= 0.6 is 0 Å². The first-order valence-electron chi connectivity index (χ1n) is 6.58. The number of hydrogen-bond donors (Lipinski definition) is 1. The van der Waals surface area contributed by atoms with Crippen molar-refractivity contribution in [3.8, 4) is 0 Å². The number of benzene rings is 1. The molecular weight excluding hydrogens is 260 g/mol. The van der Waals surface area contributed by atoms with Crippen molar-refractivity contribution in [2.75, 3.05) is 20.6 Å². The predicted octanol–water partition coefficient (Wildman–Crippen LogP) is 2.07. The molecule has 0 amide bonds. The molecule has 0 atom stereocenters. The number of hydrogen-bond acceptors (Lipinski definition) is 3. The van der Waals surface area contributed by atoms with Crippen molar-refractivity contribution in [2.24, 2.45) is 5.92 Å². The Morgan fingerprint density at radius 3 is 2.47 bits per heavy atom. The van der Waals surface area contributed by atoms with Crippen LogP contribution in [0.2, 0.25) is 0 Å². The van der Waals surface area contributed by atoms with Gasteiger partial charge in [-0.15, -0.1) is 0 Å². The molecule has 0 aliphatic heterocycles. The molecule has 0 saturated heterocycles. The topological polar surface area (TPSA) is 49.4 Å². The van der Waals surface area contributed by atoms with Crippen LogP contribution in [0.3, 0.4) is 0 Å². The first-order chi connectivity index (χ1) is 8.89. The molecule has 0 aliphatic carbocycles. The lowest BCUT2D eigenvalue weighted by Crippen LogP contribution is -2.29. The average Bonchev–Trinajstić information content (AvgIpc) is 2.36. The van der Waals surface area contributed by atoms with Crippen molar-refractivity contribution in [2.45, 2.75) is 31.7 Å². The molecule has 0 bridgehead atoms.